The molecule has 0 aromatic carbocycles. The van der Waals surface area contributed by atoms with E-state index in [1.807, 2.05) is 24.8 Å². The Morgan fingerprint density at radius 1 is 1.24 bits per heavy atom. The van der Waals surface area contributed by atoms with Gasteiger partial charge in [0.15, 0.2) is 0 Å². The average molecular weight is 288 g/mol. The molecule has 0 spiro atoms. The normalized spacial score (nSPS) is 11.0. The lowest BCUT2D eigenvalue weighted by molar-refractivity contribution is 0.746. The van der Waals surface area contributed by atoms with Gasteiger partial charge in [0.1, 0.15) is 17.5 Å². The molecule has 0 saturated heterocycles. The molecule has 0 aliphatic heterocycles. The molecule has 0 amide bonds. The zero-order chi connectivity index (χ0) is 15.4. The molecule has 0 saturated carbocycles. The summed E-state index contributed by atoms with van der Waals surface area (Å²) in [6, 6.07) is 1.92. The molecule has 6 nitrogen and oxygen atoms in total. The molecule has 6 heteroatoms. The Kier molecular flexibility index (Phi) is 4.77. The van der Waals surface area contributed by atoms with E-state index in [2.05, 4.69) is 52.7 Å². The lowest BCUT2D eigenvalue weighted by Crippen LogP contribution is -2.08. The summed E-state index contributed by atoms with van der Waals surface area (Å²) < 4.78 is 1.86. The fourth-order valence-electron chi connectivity index (χ4n) is 2.16. The molecule has 2 aromatic heterocycles. The minimum absolute atomic E-state index is 0.295. The van der Waals surface area contributed by atoms with E-state index in [1.54, 1.807) is 0 Å². The van der Waals surface area contributed by atoms with Gasteiger partial charge in [-0.15, -0.1) is 0 Å². The molecule has 114 valence electrons. The predicted molar refractivity (Wildman–Crippen MR) is 85.6 cm³/mol. The van der Waals surface area contributed by atoms with E-state index in [0.717, 1.165) is 29.6 Å². The van der Waals surface area contributed by atoms with Gasteiger partial charge >= 0.3 is 0 Å². The van der Waals surface area contributed by atoms with E-state index in [1.165, 1.54) is 5.56 Å². The van der Waals surface area contributed by atoms with Crippen LogP contribution in [0.15, 0.2) is 12.3 Å². The second-order valence-electron chi connectivity index (χ2n) is 5.38. The second kappa shape index (κ2) is 6.56. The van der Waals surface area contributed by atoms with Gasteiger partial charge in [-0.1, -0.05) is 20.8 Å². The number of hydrogen-bond donors (Lipinski definition) is 2. The predicted octanol–water partition coefficient (Wildman–Crippen LogP) is 2.55. The first-order chi connectivity index (χ1) is 10.0. The van der Waals surface area contributed by atoms with Gasteiger partial charge in [-0.05, 0) is 6.42 Å². The summed E-state index contributed by atoms with van der Waals surface area (Å²) in [7, 11) is 3.82. The Balaban J connectivity index is 2.17. The van der Waals surface area contributed by atoms with Crippen molar-refractivity contribution in [3.8, 4) is 0 Å². The molecule has 0 fully saturated rings. The molecule has 0 unspecified atom stereocenters. The maximum Gasteiger partial charge on any atom is 0.135 e. The van der Waals surface area contributed by atoms with E-state index >= 15 is 0 Å². The SMILES string of the molecule is CCc1nn(C)cc1CNc1cc(NC)nc(C(C)C)n1. The third-order valence-corrected chi connectivity index (χ3v) is 3.30. The summed E-state index contributed by atoms with van der Waals surface area (Å²) >= 11 is 0. The molecular formula is C15H24N6. The number of aromatic nitrogens is 4. The first kappa shape index (κ1) is 15.3. The van der Waals surface area contributed by atoms with Crippen LogP contribution in [-0.4, -0.2) is 26.8 Å². The van der Waals surface area contributed by atoms with Gasteiger partial charge in [-0.2, -0.15) is 5.10 Å². The molecule has 0 aliphatic carbocycles. The third-order valence-electron chi connectivity index (χ3n) is 3.30. The van der Waals surface area contributed by atoms with Crippen LogP contribution >= 0.6 is 0 Å². The molecule has 2 heterocycles. The molecule has 2 N–H and O–H groups in total. The fourth-order valence-corrected chi connectivity index (χ4v) is 2.16. The molecule has 0 radical (unpaired) electrons. The number of anilines is 2. The van der Waals surface area contributed by atoms with E-state index in [0.29, 0.717) is 12.5 Å². The van der Waals surface area contributed by atoms with Crippen LogP contribution in [0.1, 0.15) is 43.8 Å². The van der Waals surface area contributed by atoms with E-state index in [4.69, 9.17) is 0 Å². The van der Waals surface area contributed by atoms with Crippen LogP contribution in [0.3, 0.4) is 0 Å². The number of nitrogens with one attached hydrogen (secondary N) is 2. The smallest absolute Gasteiger partial charge is 0.135 e. The van der Waals surface area contributed by atoms with Crippen molar-refractivity contribution in [1.82, 2.24) is 19.7 Å². The van der Waals surface area contributed by atoms with E-state index in [-0.39, 0.29) is 0 Å². The fraction of sp³-hybridized carbons (Fsp3) is 0.533. The lowest BCUT2D eigenvalue weighted by atomic mass is 10.2. The summed E-state index contributed by atoms with van der Waals surface area (Å²) in [5.74, 6) is 2.80. The number of aryl methyl sites for hydroxylation is 2. The summed E-state index contributed by atoms with van der Waals surface area (Å²) in [5.41, 5.74) is 2.33. The van der Waals surface area contributed by atoms with Crippen molar-refractivity contribution in [1.29, 1.82) is 0 Å². The van der Waals surface area contributed by atoms with Gasteiger partial charge in [0.2, 0.25) is 0 Å². The molecule has 21 heavy (non-hydrogen) atoms. The van der Waals surface area contributed by atoms with Crippen LogP contribution in [0.5, 0.6) is 0 Å². The lowest BCUT2D eigenvalue weighted by Gasteiger charge is -2.11. The summed E-state index contributed by atoms with van der Waals surface area (Å²) in [6.07, 6.45) is 2.98. The molecule has 2 aromatic rings. The molecule has 0 atom stereocenters. The molecular weight excluding hydrogens is 264 g/mol. The van der Waals surface area contributed by atoms with Crippen molar-refractivity contribution in [2.45, 2.75) is 39.7 Å². The van der Waals surface area contributed by atoms with Crippen molar-refractivity contribution in [3.05, 3.63) is 29.3 Å². The molecule has 0 aliphatic rings. The van der Waals surface area contributed by atoms with Crippen LogP contribution in [0.2, 0.25) is 0 Å². The van der Waals surface area contributed by atoms with Crippen molar-refractivity contribution in [3.63, 3.8) is 0 Å². The van der Waals surface area contributed by atoms with Crippen LogP contribution in [0.4, 0.5) is 11.6 Å². The zero-order valence-electron chi connectivity index (χ0n) is 13.4. The van der Waals surface area contributed by atoms with Crippen LogP contribution in [0, 0.1) is 0 Å². The van der Waals surface area contributed by atoms with Crippen molar-refractivity contribution in [2.75, 3.05) is 17.7 Å². The number of hydrogen-bond acceptors (Lipinski definition) is 5. The standard InChI is InChI=1S/C15H24N6/c1-6-12-11(9-21(5)20-12)8-17-14-7-13(16-4)18-15(19-14)10(2)3/h7,9-10H,6,8H2,1-5H3,(H2,16,17,18,19). The summed E-state index contributed by atoms with van der Waals surface area (Å²) in [6.45, 7) is 7.02. The Morgan fingerprint density at radius 2 is 1.95 bits per heavy atom. The van der Waals surface area contributed by atoms with Crippen LogP contribution < -0.4 is 10.6 Å². The topological polar surface area (TPSA) is 67.7 Å². The van der Waals surface area contributed by atoms with Gasteiger partial charge in [-0.3, -0.25) is 4.68 Å². The minimum atomic E-state index is 0.295. The molecule has 0 bridgehead atoms. The van der Waals surface area contributed by atoms with Gasteiger partial charge in [0.25, 0.3) is 0 Å². The molecule has 2 rings (SSSR count). The third kappa shape index (κ3) is 3.71. The highest BCUT2D eigenvalue weighted by atomic mass is 15.3. The van der Waals surface area contributed by atoms with Gasteiger partial charge in [0.05, 0.1) is 5.69 Å². The van der Waals surface area contributed by atoms with Gasteiger partial charge in [0, 0.05) is 44.4 Å². The van der Waals surface area contributed by atoms with Gasteiger partial charge in [-0.25, -0.2) is 9.97 Å². The number of rotatable bonds is 6. The Hall–Kier alpha value is -2.11. The Morgan fingerprint density at radius 3 is 2.57 bits per heavy atom. The van der Waals surface area contributed by atoms with E-state index in [9.17, 15) is 0 Å². The van der Waals surface area contributed by atoms with Crippen LogP contribution in [-0.2, 0) is 20.0 Å². The Labute approximate surface area is 126 Å². The van der Waals surface area contributed by atoms with Crippen molar-refractivity contribution >= 4 is 11.6 Å². The highest BCUT2D eigenvalue weighted by Crippen LogP contribution is 2.18. The highest BCUT2D eigenvalue weighted by molar-refractivity contribution is 5.48. The Bertz CT molecular complexity index is 602. The van der Waals surface area contributed by atoms with Crippen molar-refractivity contribution < 1.29 is 0 Å². The van der Waals surface area contributed by atoms with Crippen LogP contribution in [0.25, 0.3) is 0 Å². The highest BCUT2D eigenvalue weighted by Gasteiger charge is 2.09. The summed E-state index contributed by atoms with van der Waals surface area (Å²) in [5, 5.41) is 10.9. The average Bonchev–Trinajstić information content (AvgIpc) is 2.84. The largest absolute Gasteiger partial charge is 0.373 e. The zero-order valence-corrected chi connectivity index (χ0v) is 13.4. The quantitative estimate of drug-likeness (QED) is 0.855. The maximum absolute atomic E-state index is 4.57. The first-order valence-corrected chi connectivity index (χ1v) is 7.35. The maximum atomic E-state index is 4.57. The first-order valence-electron chi connectivity index (χ1n) is 7.35. The monoisotopic (exact) mass is 288 g/mol. The number of nitrogens with zero attached hydrogens (tertiary/aromatic N) is 4. The summed E-state index contributed by atoms with van der Waals surface area (Å²) in [4.78, 5) is 9.03. The van der Waals surface area contributed by atoms with Crippen molar-refractivity contribution in [2.24, 2.45) is 7.05 Å². The van der Waals surface area contributed by atoms with Gasteiger partial charge < -0.3 is 10.6 Å². The van der Waals surface area contributed by atoms with E-state index < -0.39 is 0 Å². The minimum Gasteiger partial charge on any atom is -0.373 e. The second-order valence-corrected chi connectivity index (χ2v) is 5.38.